The fraction of sp³-hybridized carbons (Fsp3) is 0.472. The summed E-state index contributed by atoms with van der Waals surface area (Å²) in [6.45, 7) is 14.0. The average Bonchev–Trinajstić information content (AvgIpc) is 3.39. The van der Waals surface area contributed by atoms with Gasteiger partial charge in [0.25, 0.3) is 0 Å². The van der Waals surface area contributed by atoms with Crippen molar-refractivity contribution in [2.45, 2.75) is 44.9 Å². The maximum Gasteiger partial charge on any atom is 0.209 e. The molecule has 0 radical (unpaired) electrons. The Hall–Kier alpha value is -3.43. The second-order valence-corrected chi connectivity index (χ2v) is 12.1. The number of aliphatic hydroxyl groups is 1. The summed E-state index contributed by atoms with van der Waals surface area (Å²) < 4.78 is 19.2. The summed E-state index contributed by atoms with van der Waals surface area (Å²) in [6.07, 6.45) is 11.5. The SMILES string of the molecule is CC1(C)C(/C=C/C=C/C=C2/N(CCOCCOCCOCCN=[N+]=[N-])c3ccccc3C2(C)C)=[N+](CCCO)c2ccccc21.[Cl-]. The van der Waals surface area contributed by atoms with E-state index in [1.165, 1.54) is 33.9 Å². The summed E-state index contributed by atoms with van der Waals surface area (Å²) in [7, 11) is 0. The zero-order chi connectivity index (χ0) is 32.1. The molecule has 0 atom stereocenters. The highest BCUT2D eigenvalue weighted by atomic mass is 35.5. The van der Waals surface area contributed by atoms with Crippen LogP contribution in [0.15, 0.2) is 89.7 Å². The molecule has 4 rings (SSSR count). The van der Waals surface area contributed by atoms with Crippen LogP contribution in [0.5, 0.6) is 0 Å². The van der Waals surface area contributed by atoms with Gasteiger partial charge in [-0.2, -0.15) is 4.58 Å². The van der Waals surface area contributed by atoms with Crippen molar-refractivity contribution in [2.75, 3.05) is 70.8 Å². The van der Waals surface area contributed by atoms with Crippen LogP contribution in [0.4, 0.5) is 11.4 Å². The number of nitrogens with zero attached hydrogens (tertiary/aromatic N) is 5. The van der Waals surface area contributed by atoms with E-state index in [1.54, 1.807) is 0 Å². The number of halogens is 1. The number of aliphatic hydroxyl groups excluding tert-OH is 1. The third kappa shape index (κ3) is 8.88. The molecule has 0 aliphatic carbocycles. The lowest BCUT2D eigenvalue weighted by atomic mass is 9.81. The van der Waals surface area contributed by atoms with Crippen molar-refractivity contribution in [3.63, 3.8) is 0 Å². The van der Waals surface area contributed by atoms with E-state index >= 15 is 0 Å². The van der Waals surface area contributed by atoms with Crippen LogP contribution in [0.25, 0.3) is 10.4 Å². The van der Waals surface area contributed by atoms with Crippen molar-refractivity contribution in [1.82, 2.24) is 0 Å². The minimum absolute atomic E-state index is 0. The molecule has 10 heteroatoms. The first-order chi connectivity index (χ1) is 21.8. The van der Waals surface area contributed by atoms with Crippen molar-refractivity contribution >= 4 is 17.1 Å². The number of fused-ring (bicyclic) bond motifs is 2. The van der Waals surface area contributed by atoms with Gasteiger partial charge in [0.05, 0.1) is 45.1 Å². The molecule has 0 bridgehead atoms. The number of allylic oxidation sites excluding steroid dienone is 6. The van der Waals surface area contributed by atoms with Gasteiger partial charge in [0.2, 0.25) is 5.69 Å². The number of rotatable bonds is 18. The third-order valence-electron chi connectivity index (χ3n) is 8.47. The number of anilines is 1. The molecule has 2 aliphatic heterocycles. The molecule has 2 aromatic carbocycles. The summed E-state index contributed by atoms with van der Waals surface area (Å²) in [6, 6.07) is 17.2. The number of hydrogen-bond acceptors (Lipinski definition) is 6. The molecule has 0 fully saturated rings. The maximum atomic E-state index is 9.51. The topological polar surface area (TPSA) is 103 Å². The summed E-state index contributed by atoms with van der Waals surface area (Å²) in [5.41, 5.74) is 15.6. The van der Waals surface area contributed by atoms with Crippen molar-refractivity contribution < 1.29 is 36.3 Å². The molecule has 0 amide bonds. The Balaban J connectivity index is 0.00000576. The second-order valence-electron chi connectivity index (χ2n) is 12.1. The summed E-state index contributed by atoms with van der Waals surface area (Å²) in [5.74, 6) is 0. The van der Waals surface area contributed by atoms with Gasteiger partial charge in [-0.05, 0) is 37.1 Å². The van der Waals surface area contributed by atoms with E-state index < -0.39 is 0 Å². The third-order valence-corrected chi connectivity index (χ3v) is 8.47. The number of benzene rings is 2. The first-order valence-electron chi connectivity index (χ1n) is 15.9. The molecular weight excluding hydrogens is 602 g/mol. The molecule has 0 aromatic heterocycles. The largest absolute Gasteiger partial charge is 1.00 e. The van der Waals surface area contributed by atoms with Gasteiger partial charge in [0.1, 0.15) is 0 Å². The predicted molar refractivity (Wildman–Crippen MR) is 181 cm³/mol. The lowest BCUT2D eigenvalue weighted by Crippen LogP contribution is -3.00. The van der Waals surface area contributed by atoms with Crippen LogP contribution >= 0.6 is 0 Å². The Morgan fingerprint density at radius 3 is 2.22 bits per heavy atom. The molecule has 248 valence electrons. The van der Waals surface area contributed by atoms with Gasteiger partial charge < -0.3 is 36.6 Å². The monoisotopic (exact) mass is 649 g/mol. The molecule has 2 aliphatic rings. The fourth-order valence-corrected chi connectivity index (χ4v) is 6.20. The molecule has 1 N–H and O–H groups in total. The molecule has 0 spiro atoms. The first kappa shape index (κ1) is 37.0. The molecule has 46 heavy (non-hydrogen) atoms. The predicted octanol–water partition coefficient (Wildman–Crippen LogP) is 3.60. The van der Waals surface area contributed by atoms with Gasteiger partial charge >= 0.3 is 0 Å². The lowest BCUT2D eigenvalue weighted by Gasteiger charge is -2.27. The van der Waals surface area contributed by atoms with Crippen LogP contribution in [0, 0.1) is 0 Å². The highest BCUT2D eigenvalue weighted by Gasteiger charge is 2.43. The highest BCUT2D eigenvalue weighted by molar-refractivity contribution is 6.03. The number of para-hydroxylation sites is 2. The summed E-state index contributed by atoms with van der Waals surface area (Å²) >= 11 is 0. The number of ether oxygens (including phenoxy) is 3. The van der Waals surface area contributed by atoms with Crippen LogP contribution in [0.1, 0.15) is 45.2 Å². The van der Waals surface area contributed by atoms with Gasteiger partial charge in [-0.15, -0.1) is 0 Å². The minimum Gasteiger partial charge on any atom is -1.00 e. The quantitative estimate of drug-likeness (QED) is 0.0664. The Morgan fingerprint density at radius 2 is 1.50 bits per heavy atom. The van der Waals surface area contributed by atoms with Gasteiger partial charge in [-0.1, -0.05) is 73.6 Å². The molecule has 0 saturated carbocycles. The number of azide groups is 1. The lowest BCUT2D eigenvalue weighted by molar-refractivity contribution is -0.438. The normalized spacial score (nSPS) is 17.1. The fourth-order valence-electron chi connectivity index (χ4n) is 6.20. The average molecular weight is 650 g/mol. The molecule has 2 heterocycles. The first-order valence-corrected chi connectivity index (χ1v) is 15.9. The van der Waals surface area contributed by atoms with Gasteiger partial charge in [-0.3, -0.25) is 0 Å². The van der Waals surface area contributed by atoms with Crippen LogP contribution in [0.3, 0.4) is 0 Å². The van der Waals surface area contributed by atoms with E-state index in [0.717, 1.165) is 19.5 Å². The number of hydrogen-bond donors (Lipinski definition) is 1. The molecule has 0 saturated heterocycles. The van der Waals surface area contributed by atoms with Crippen molar-refractivity contribution in [2.24, 2.45) is 5.11 Å². The Labute approximate surface area is 279 Å². The van der Waals surface area contributed by atoms with E-state index in [0.29, 0.717) is 46.2 Å². The minimum atomic E-state index is -0.142. The molecule has 0 unspecified atom stereocenters. The van der Waals surface area contributed by atoms with Crippen LogP contribution in [0.2, 0.25) is 0 Å². The standard InChI is InChI=1S/C36H48N5O4.ClH/c1-35(2)29-13-8-10-15-31(29)40(20-12-22-42)33(35)17-6-5-7-18-34-36(3,4)30-14-9-11-16-32(30)41(34)21-24-44-26-28-45-27-25-43-23-19-38-39-37;/h5-11,13-18,42H,12,19-28H2,1-4H3;1H/q+1;/p-1. The van der Waals surface area contributed by atoms with Crippen molar-refractivity contribution in [1.29, 1.82) is 0 Å². The Kier molecular flexibility index (Phi) is 14.5. The van der Waals surface area contributed by atoms with Crippen molar-refractivity contribution in [3.05, 3.63) is 106 Å². The van der Waals surface area contributed by atoms with Gasteiger partial charge in [-0.25, -0.2) is 0 Å². The molecular formula is C36H48ClN5O4. The second kappa shape index (κ2) is 18.0. The van der Waals surface area contributed by atoms with Crippen LogP contribution in [-0.2, 0) is 25.0 Å². The Bertz CT molecular complexity index is 1460. The Morgan fingerprint density at radius 1 is 0.848 bits per heavy atom. The van der Waals surface area contributed by atoms with Gasteiger partial charge in [0, 0.05) is 65.5 Å². The zero-order valence-corrected chi connectivity index (χ0v) is 28.3. The molecule has 2 aromatic rings. The zero-order valence-electron chi connectivity index (χ0n) is 27.6. The van der Waals surface area contributed by atoms with Gasteiger partial charge in [0.15, 0.2) is 12.3 Å². The smallest absolute Gasteiger partial charge is 0.209 e. The van der Waals surface area contributed by atoms with E-state index in [4.69, 9.17) is 19.7 Å². The van der Waals surface area contributed by atoms with E-state index in [2.05, 4.69) is 126 Å². The van der Waals surface area contributed by atoms with E-state index in [1.807, 2.05) is 0 Å². The highest BCUT2D eigenvalue weighted by Crippen LogP contribution is 2.47. The van der Waals surface area contributed by atoms with E-state index in [9.17, 15) is 5.11 Å². The van der Waals surface area contributed by atoms with Crippen LogP contribution < -0.4 is 17.3 Å². The molecule has 9 nitrogen and oxygen atoms in total. The van der Waals surface area contributed by atoms with Crippen molar-refractivity contribution in [3.8, 4) is 0 Å². The van der Waals surface area contributed by atoms with Crippen LogP contribution in [-0.4, -0.2) is 81.3 Å². The maximum absolute atomic E-state index is 9.51. The summed E-state index contributed by atoms with van der Waals surface area (Å²) in [4.78, 5) is 5.06. The summed E-state index contributed by atoms with van der Waals surface area (Å²) in [5, 5.41) is 12.9. The van der Waals surface area contributed by atoms with E-state index in [-0.39, 0.29) is 29.8 Å².